The van der Waals surface area contributed by atoms with E-state index in [1.807, 2.05) is 0 Å². The van der Waals surface area contributed by atoms with E-state index in [0.717, 1.165) is 32.4 Å². The topological polar surface area (TPSA) is 20.3 Å². The van der Waals surface area contributed by atoms with Crippen molar-refractivity contribution in [2.75, 3.05) is 13.1 Å². The maximum Gasteiger partial charge on any atom is 0.222 e. The molecule has 0 fully saturated rings. The molecule has 132 valence electrons. The molecule has 0 bridgehead atoms. The third kappa shape index (κ3) is 13.2. The molecule has 0 heterocycles. The zero-order valence-electron chi connectivity index (χ0n) is 15.7. The fraction of sp³-hybridized carbons (Fsp3) is 0.950. The van der Waals surface area contributed by atoms with Crippen molar-refractivity contribution in [1.29, 1.82) is 0 Å². The van der Waals surface area contributed by atoms with Gasteiger partial charge in [-0.25, -0.2) is 0 Å². The van der Waals surface area contributed by atoms with Crippen molar-refractivity contribution < 1.29 is 4.79 Å². The minimum absolute atomic E-state index is 0.401. The number of carbonyl (C=O) groups excluding carboxylic acids is 1. The van der Waals surface area contributed by atoms with E-state index in [1.165, 1.54) is 70.6 Å². The van der Waals surface area contributed by atoms with Crippen LogP contribution in [-0.2, 0) is 4.79 Å². The number of amides is 1. The van der Waals surface area contributed by atoms with E-state index in [9.17, 15) is 4.79 Å². The third-order valence-corrected chi connectivity index (χ3v) is 4.41. The van der Waals surface area contributed by atoms with Crippen LogP contribution in [0.15, 0.2) is 0 Å². The van der Waals surface area contributed by atoms with E-state index < -0.39 is 0 Å². The minimum atomic E-state index is 0.401. The maximum atomic E-state index is 12.4. The van der Waals surface area contributed by atoms with Crippen molar-refractivity contribution in [3.8, 4) is 0 Å². The van der Waals surface area contributed by atoms with Crippen molar-refractivity contribution in [2.24, 2.45) is 0 Å². The van der Waals surface area contributed by atoms with Crippen LogP contribution in [0.3, 0.4) is 0 Å². The Morgan fingerprint density at radius 3 is 1.64 bits per heavy atom. The Kier molecular flexibility index (Phi) is 16.4. The number of unbranched alkanes of at least 4 members (excludes halogenated alkanes) is 10. The molecule has 0 aliphatic heterocycles. The summed E-state index contributed by atoms with van der Waals surface area (Å²) in [6.45, 7) is 8.65. The van der Waals surface area contributed by atoms with Gasteiger partial charge in [-0.05, 0) is 19.3 Å². The van der Waals surface area contributed by atoms with Crippen molar-refractivity contribution in [1.82, 2.24) is 4.90 Å². The number of nitrogens with zero attached hydrogens (tertiary/aromatic N) is 1. The van der Waals surface area contributed by atoms with Gasteiger partial charge < -0.3 is 4.90 Å². The standard InChI is InChI=1S/C20H41NO/c1-4-7-10-12-14-16-19-21(18-9-6-3)20(22)17-15-13-11-8-5-2/h4-19H2,1-3H3. The van der Waals surface area contributed by atoms with Gasteiger partial charge in [-0.15, -0.1) is 0 Å². The van der Waals surface area contributed by atoms with Crippen LogP contribution in [0.1, 0.15) is 111 Å². The fourth-order valence-electron chi connectivity index (χ4n) is 2.83. The van der Waals surface area contributed by atoms with E-state index in [2.05, 4.69) is 25.7 Å². The Morgan fingerprint density at radius 2 is 1.05 bits per heavy atom. The van der Waals surface area contributed by atoms with Crippen LogP contribution in [0.25, 0.3) is 0 Å². The predicted molar refractivity (Wildman–Crippen MR) is 98.2 cm³/mol. The summed E-state index contributed by atoms with van der Waals surface area (Å²) in [5.41, 5.74) is 0. The molecule has 0 N–H and O–H groups in total. The van der Waals surface area contributed by atoms with Crippen molar-refractivity contribution >= 4 is 5.91 Å². The van der Waals surface area contributed by atoms with Crippen LogP contribution in [0.4, 0.5) is 0 Å². The monoisotopic (exact) mass is 311 g/mol. The second-order valence-corrected chi connectivity index (χ2v) is 6.67. The van der Waals surface area contributed by atoms with Gasteiger partial charge in [0.2, 0.25) is 5.91 Å². The summed E-state index contributed by atoms with van der Waals surface area (Å²) in [5.74, 6) is 0.401. The summed E-state index contributed by atoms with van der Waals surface area (Å²) in [6.07, 6.45) is 17.1. The molecule has 0 aromatic heterocycles. The minimum Gasteiger partial charge on any atom is -0.343 e. The van der Waals surface area contributed by atoms with E-state index in [0.29, 0.717) is 5.91 Å². The van der Waals surface area contributed by atoms with Crippen LogP contribution < -0.4 is 0 Å². The lowest BCUT2D eigenvalue weighted by molar-refractivity contribution is -0.131. The molecule has 0 atom stereocenters. The van der Waals surface area contributed by atoms with Crippen LogP contribution in [0.2, 0.25) is 0 Å². The van der Waals surface area contributed by atoms with E-state index >= 15 is 0 Å². The first-order valence-electron chi connectivity index (χ1n) is 10.0. The number of hydrogen-bond acceptors (Lipinski definition) is 1. The highest BCUT2D eigenvalue weighted by Crippen LogP contribution is 2.10. The van der Waals surface area contributed by atoms with Gasteiger partial charge in [0.05, 0.1) is 0 Å². The van der Waals surface area contributed by atoms with Gasteiger partial charge >= 0.3 is 0 Å². The summed E-state index contributed by atoms with van der Waals surface area (Å²) in [7, 11) is 0. The molecule has 2 nitrogen and oxygen atoms in total. The quantitative estimate of drug-likeness (QED) is 0.305. The van der Waals surface area contributed by atoms with Crippen LogP contribution in [0, 0.1) is 0 Å². The first kappa shape index (κ1) is 21.5. The van der Waals surface area contributed by atoms with Crippen LogP contribution in [0.5, 0.6) is 0 Å². The van der Waals surface area contributed by atoms with Crippen molar-refractivity contribution in [3.63, 3.8) is 0 Å². The Labute approximate surface area is 140 Å². The molecular weight excluding hydrogens is 270 g/mol. The highest BCUT2D eigenvalue weighted by Gasteiger charge is 2.12. The summed E-state index contributed by atoms with van der Waals surface area (Å²) in [5, 5.41) is 0. The molecule has 0 aliphatic rings. The normalized spacial score (nSPS) is 10.9. The fourth-order valence-corrected chi connectivity index (χ4v) is 2.83. The molecule has 0 aliphatic carbocycles. The molecule has 0 saturated carbocycles. The average Bonchev–Trinajstić information content (AvgIpc) is 2.53. The van der Waals surface area contributed by atoms with E-state index in [1.54, 1.807) is 0 Å². The molecule has 0 aromatic rings. The molecular formula is C20H41NO. The van der Waals surface area contributed by atoms with Crippen LogP contribution in [-0.4, -0.2) is 23.9 Å². The molecule has 0 unspecified atom stereocenters. The van der Waals surface area contributed by atoms with Crippen molar-refractivity contribution in [2.45, 2.75) is 111 Å². The lowest BCUT2D eigenvalue weighted by atomic mass is 10.1. The third-order valence-electron chi connectivity index (χ3n) is 4.41. The first-order chi connectivity index (χ1) is 10.8. The smallest absolute Gasteiger partial charge is 0.222 e. The highest BCUT2D eigenvalue weighted by molar-refractivity contribution is 5.76. The Hall–Kier alpha value is -0.530. The van der Waals surface area contributed by atoms with Crippen molar-refractivity contribution in [3.05, 3.63) is 0 Å². The highest BCUT2D eigenvalue weighted by atomic mass is 16.2. The molecule has 2 heteroatoms. The Bertz CT molecular complexity index is 240. The molecule has 22 heavy (non-hydrogen) atoms. The first-order valence-corrected chi connectivity index (χ1v) is 10.0. The van der Waals surface area contributed by atoms with E-state index in [4.69, 9.17) is 0 Å². The molecule has 0 rings (SSSR count). The SMILES string of the molecule is CCCCCCCCN(CCCC)C(=O)CCCCCCC. The zero-order valence-corrected chi connectivity index (χ0v) is 15.7. The van der Waals surface area contributed by atoms with Gasteiger partial charge in [-0.1, -0.05) is 85.0 Å². The average molecular weight is 312 g/mol. The summed E-state index contributed by atoms with van der Waals surface area (Å²) < 4.78 is 0. The number of hydrogen-bond donors (Lipinski definition) is 0. The van der Waals surface area contributed by atoms with Gasteiger partial charge in [0.15, 0.2) is 0 Å². The number of carbonyl (C=O) groups is 1. The molecule has 0 saturated heterocycles. The Balaban J connectivity index is 3.85. The summed E-state index contributed by atoms with van der Waals surface area (Å²) in [4.78, 5) is 14.5. The summed E-state index contributed by atoms with van der Waals surface area (Å²) >= 11 is 0. The number of rotatable bonds is 16. The Morgan fingerprint density at radius 1 is 0.591 bits per heavy atom. The van der Waals surface area contributed by atoms with Gasteiger partial charge in [-0.3, -0.25) is 4.79 Å². The van der Waals surface area contributed by atoms with Gasteiger partial charge in [0.25, 0.3) is 0 Å². The van der Waals surface area contributed by atoms with Gasteiger partial charge in [-0.2, -0.15) is 0 Å². The van der Waals surface area contributed by atoms with Crippen LogP contribution >= 0.6 is 0 Å². The second kappa shape index (κ2) is 16.8. The predicted octanol–water partition coefficient (Wildman–Crippen LogP) is 6.34. The molecule has 0 radical (unpaired) electrons. The molecule has 0 spiro atoms. The molecule has 1 amide bonds. The second-order valence-electron chi connectivity index (χ2n) is 6.67. The maximum absolute atomic E-state index is 12.4. The van der Waals surface area contributed by atoms with E-state index in [-0.39, 0.29) is 0 Å². The lowest BCUT2D eigenvalue weighted by Gasteiger charge is -2.22. The lowest BCUT2D eigenvalue weighted by Crippen LogP contribution is -2.32. The molecule has 0 aromatic carbocycles. The van der Waals surface area contributed by atoms with Gasteiger partial charge in [0, 0.05) is 19.5 Å². The largest absolute Gasteiger partial charge is 0.343 e. The van der Waals surface area contributed by atoms with Gasteiger partial charge in [0.1, 0.15) is 0 Å². The zero-order chi connectivity index (χ0) is 16.5. The summed E-state index contributed by atoms with van der Waals surface area (Å²) in [6, 6.07) is 0.